The van der Waals surface area contributed by atoms with E-state index in [0.717, 1.165) is 58.5 Å². The number of nitrogens with zero attached hydrogens (tertiary/aromatic N) is 3. The standard InChI is InChI=1S/C19H31N3O3.C2HF3O2/c1-13-7-14(8-13)19(24)22-11-15-9-16(25-17(15)12-22)10-18(23)21-5-3-20(2)4-6-21;3-2(4,5)1(6)7/h13-17H,3-12H2,1-2H3;(H,6,7)/t13?,14?,15-,16+,17+;/m0./s1. The first kappa shape index (κ1) is 24.8. The molecular formula is C21H32F3N3O5. The van der Waals surface area contributed by atoms with Gasteiger partial charge in [0.05, 0.1) is 18.6 Å². The zero-order valence-electron chi connectivity index (χ0n) is 18.5. The number of alkyl halides is 3. The molecule has 2 amide bonds. The number of carboxylic acids is 1. The average Bonchev–Trinajstić information content (AvgIpc) is 3.23. The Morgan fingerprint density at radius 2 is 1.59 bits per heavy atom. The van der Waals surface area contributed by atoms with Crippen molar-refractivity contribution in [2.75, 3.05) is 46.3 Å². The summed E-state index contributed by atoms with van der Waals surface area (Å²) in [4.78, 5) is 40.1. The zero-order chi connectivity index (χ0) is 23.6. The van der Waals surface area contributed by atoms with Crippen LogP contribution in [-0.4, -0.2) is 102 Å². The summed E-state index contributed by atoms with van der Waals surface area (Å²) in [6.07, 6.45) is -1.36. The number of aliphatic carboxylic acids is 1. The maximum absolute atomic E-state index is 12.5. The van der Waals surface area contributed by atoms with E-state index in [9.17, 15) is 22.8 Å². The number of hydrogen-bond acceptors (Lipinski definition) is 5. The molecule has 0 radical (unpaired) electrons. The van der Waals surface area contributed by atoms with Crippen LogP contribution in [0.1, 0.15) is 32.6 Å². The Bertz CT molecular complexity index is 691. The molecule has 3 heterocycles. The van der Waals surface area contributed by atoms with Crippen molar-refractivity contribution in [1.29, 1.82) is 0 Å². The lowest BCUT2D eigenvalue weighted by Gasteiger charge is -2.35. The number of carbonyl (C=O) groups excluding carboxylic acids is 2. The predicted octanol–water partition coefficient (Wildman–Crippen LogP) is 1.45. The van der Waals surface area contributed by atoms with Crippen molar-refractivity contribution in [2.45, 2.75) is 51.0 Å². The van der Waals surface area contributed by atoms with Gasteiger partial charge in [-0.05, 0) is 32.2 Å². The summed E-state index contributed by atoms with van der Waals surface area (Å²) in [6.45, 7) is 7.35. The Morgan fingerprint density at radius 3 is 2.09 bits per heavy atom. The van der Waals surface area contributed by atoms with Crippen LogP contribution in [0.5, 0.6) is 0 Å². The highest BCUT2D eigenvalue weighted by molar-refractivity contribution is 5.80. The summed E-state index contributed by atoms with van der Waals surface area (Å²) in [5.74, 6) is -0.810. The minimum atomic E-state index is -5.08. The molecule has 0 aromatic carbocycles. The number of hydrogen-bond donors (Lipinski definition) is 1. The van der Waals surface area contributed by atoms with Gasteiger partial charge in [0.15, 0.2) is 0 Å². The number of fused-ring (bicyclic) bond motifs is 1. The number of ether oxygens (including phenoxy) is 1. The van der Waals surface area contributed by atoms with E-state index < -0.39 is 12.1 Å². The van der Waals surface area contributed by atoms with Crippen LogP contribution in [0.2, 0.25) is 0 Å². The second-order valence-corrected chi connectivity index (χ2v) is 9.50. The number of halogens is 3. The first-order valence-electron chi connectivity index (χ1n) is 11.1. The number of carbonyl (C=O) groups is 3. The molecule has 3 saturated heterocycles. The normalized spacial score (nSPS) is 32.6. The first-order chi connectivity index (χ1) is 14.9. The van der Waals surface area contributed by atoms with Crippen LogP contribution < -0.4 is 0 Å². The zero-order valence-corrected chi connectivity index (χ0v) is 18.5. The van der Waals surface area contributed by atoms with Gasteiger partial charge in [-0.3, -0.25) is 9.59 Å². The van der Waals surface area contributed by atoms with Gasteiger partial charge < -0.3 is 24.5 Å². The Hall–Kier alpha value is -1.88. The summed E-state index contributed by atoms with van der Waals surface area (Å²) in [7, 11) is 2.10. The third kappa shape index (κ3) is 6.12. The van der Waals surface area contributed by atoms with Crippen molar-refractivity contribution >= 4 is 17.8 Å². The van der Waals surface area contributed by atoms with Crippen molar-refractivity contribution in [2.24, 2.45) is 17.8 Å². The topological polar surface area (TPSA) is 90.4 Å². The SMILES string of the molecule is CC1CC(C(=O)N2C[C@@H]3C[C@H](CC(=O)N4CCN(C)CC4)O[C@@H]3C2)C1.O=C(O)C(F)(F)F. The second kappa shape index (κ2) is 9.94. The molecule has 0 bridgehead atoms. The lowest BCUT2D eigenvalue weighted by Crippen LogP contribution is -2.47. The maximum Gasteiger partial charge on any atom is 0.490 e. The van der Waals surface area contributed by atoms with Gasteiger partial charge in [-0.1, -0.05) is 6.92 Å². The van der Waals surface area contributed by atoms with Crippen molar-refractivity contribution in [3.05, 3.63) is 0 Å². The number of likely N-dealkylation sites (tertiary alicyclic amines) is 1. The molecule has 0 spiro atoms. The fraction of sp³-hybridized carbons (Fsp3) is 0.857. The summed E-state index contributed by atoms with van der Waals surface area (Å²) in [5.41, 5.74) is 0. The summed E-state index contributed by atoms with van der Waals surface area (Å²) < 4.78 is 37.9. The molecule has 8 nitrogen and oxygen atoms in total. The average molecular weight is 463 g/mol. The highest BCUT2D eigenvalue weighted by atomic mass is 19.4. The molecule has 1 N–H and O–H groups in total. The Labute approximate surface area is 185 Å². The van der Waals surface area contributed by atoms with Crippen LogP contribution >= 0.6 is 0 Å². The Morgan fingerprint density at radius 1 is 1.00 bits per heavy atom. The van der Waals surface area contributed by atoms with Crippen molar-refractivity contribution < 1.29 is 37.4 Å². The van der Waals surface area contributed by atoms with Gasteiger partial charge >= 0.3 is 12.1 Å². The molecule has 11 heteroatoms. The lowest BCUT2D eigenvalue weighted by molar-refractivity contribution is -0.192. The summed E-state index contributed by atoms with van der Waals surface area (Å²) >= 11 is 0. The van der Waals surface area contributed by atoms with Gasteiger partial charge in [0.1, 0.15) is 0 Å². The molecule has 182 valence electrons. The van der Waals surface area contributed by atoms with Crippen molar-refractivity contribution in [3.8, 4) is 0 Å². The molecule has 4 rings (SSSR count). The second-order valence-electron chi connectivity index (χ2n) is 9.50. The van der Waals surface area contributed by atoms with Gasteiger partial charge in [-0.15, -0.1) is 0 Å². The predicted molar refractivity (Wildman–Crippen MR) is 108 cm³/mol. The van der Waals surface area contributed by atoms with Crippen LogP contribution in [0.3, 0.4) is 0 Å². The van der Waals surface area contributed by atoms with Crippen molar-refractivity contribution in [3.63, 3.8) is 0 Å². The third-order valence-electron chi connectivity index (χ3n) is 6.85. The van der Waals surface area contributed by atoms with Crippen LogP contribution in [0.15, 0.2) is 0 Å². The van der Waals surface area contributed by atoms with E-state index in [1.54, 1.807) is 0 Å². The van der Waals surface area contributed by atoms with Gasteiger partial charge in [-0.25, -0.2) is 4.79 Å². The molecular weight excluding hydrogens is 431 g/mol. The largest absolute Gasteiger partial charge is 0.490 e. The Balaban J connectivity index is 0.000000360. The van der Waals surface area contributed by atoms with Crippen LogP contribution in [0.25, 0.3) is 0 Å². The van der Waals surface area contributed by atoms with Crippen LogP contribution in [0, 0.1) is 17.8 Å². The molecule has 1 aliphatic carbocycles. The number of amides is 2. The quantitative estimate of drug-likeness (QED) is 0.682. The molecule has 3 aliphatic heterocycles. The smallest absolute Gasteiger partial charge is 0.475 e. The molecule has 4 fully saturated rings. The fourth-order valence-electron chi connectivity index (χ4n) is 4.92. The van der Waals surface area contributed by atoms with E-state index in [2.05, 4.69) is 18.9 Å². The third-order valence-corrected chi connectivity index (χ3v) is 6.85. The molecule has 0 aromatic rings. The molecule has 1 saturated carbocycles. The highest BCUT2D eigenvalue weighted by Crippen LogP contribution is 2.39. The lowest BCUT2D eigenvalue weighted by atomic mass is 9.75. The summed E-state index contributed by atoms with van der Waals surface area (Å²) in [6, 6.07) is 0. The van der Waals surface area contributed by atoms with E-state index in [1.807, 2.05) is 9.80 Å². The van der Waals surface area contributed by atoms with Gasteiger partial charge in [0, 0.05) is 51.1 Å². The van der Waals surface area contributed by atoms with Gasteiger partial charge in [-0.2, -0.15) is 13.2 Å². The van der Waals surface area contributed by atoms with Crippen LogP contribution in [0.4, 0.5) is 13.2 Å². The fourth-order valence-corrected chi connectivity index (χ4v) is 4.92. The van der Waals surface area contributed by atoms with E-state index in [0.29, 0.717) is 24.2 Å². The maximum atomic E-state index is 12.5. The van der Waals surface area contributed by atoms with Gasteiger partial charge in [0.25, 0.3) is 0 Å². The first-order valence-corrected chi connectivity index (χ1v) is 11.1. The van der Waals surface area contributed by atoms with E-state index >= 15 is 0 Å². The number of likely N-dealkylation sites (N-methyl/N-ethyl adjacent to an activating group) is 1. The van der Waals surface area contributed by atoms with E-state index in [-0.39, 0.29) is 24.0 Å². The van der Waals surface area contributed by atoms with E-state index in [4.69, 9.17) is 14.6 Å². The monoisotopic (exact) mass is 463 g/mol. The molecule has 4 aliphatic rings. The van der Waals surface area contributed by atoms with E-state index in [1.165, 1.54) is 0 Å². The molecule has 0 unspecified atom stereocenters. The summed E-state index contributed by atoms with van der Waals surface area (Å²) in [5, 5.41) is 7.12. The number of carboxylic acid groups (broad SMARTS) is 1. The van der Waals surface area contributed by atoms with Crippen molar-refractivity contribution in [1.82, 2.24) is 14.7 Å². The molecule has 0 aromatic heterocycles. The number of rotatable bonds is 3. The molecule has 32 heavy (non-hydrogen) atoms. The minimum absolute atomic E-state index is 0.0446. The number of piperazine rings is 1. The minimum Gasteiger partial charge on any atom is -0.475 e. The molecule has 3 atom stereocenters. The van der Waals surface area contributed by atoms with Gasteiger partial charge in [0.2, 0.25) is 11.8 Å². The van der Waals surface area contributed by atoms with Crippen LogP contribution in [-0.2, 0) is 19.1 Å². The Kier molecular flexibility index (Phi) is 7.69. The highest BCUT2D eigenvalue weighted by Gasteiger charge is 2.46.